The Hall–Kier alpha value is -3.78. The minimum atomic E-state index is -1.03. The van der Waals surface area contributed by atoms with Gasteiger partial charge in [-0.05, 0) is 61.4 Å². The molecule has 0 radical (unpaired) electrons. The van der Waals surface area contributed by atoms with Gasteiger partial charge < -0.3 is 10.4 Å². The first-order valence-electron chi connectivity index (χ1n) is 10.7. The highest BCUT2D eigenvalue weighted by Gasteiger charge is 2.15. The molecular weight excluding hydrogens is 436 g/mol. The van der Waals surface area contributed by atoms with E-state index in [1.54, 1.807) is 29.1 Å². The highest BCUT2D eigenvalue weighted by Crippen LogP contribution is 2.32. The summed E-state index contributed by atoms with van der Waals surface area (Å²) in [5, 5.41) is 21.0. The Labute approximate surface area is 195 Å². The molecule has 0 aliphatic rings. The van der Waals surface area contributed by atoms with Gasteiger partial charge in [0, 0.05) is 17.0 Å². The van der Waals surface area contributed by atoms with Gasteiger partial charge in [-0.25, -0.2) is 9.48 Å². The monoisotopic (exact) mass is 460 g/mol. The number of hydrogen-bond acceptors (Lipinski definition) is 5. The number of hydrogen-bond donors (Lipinski definition) is 2. The summed E-state index contributed by atoms with van der Waals surface area (Å²) in [5.41, 5.74) is 4.08. The van der Waals surface area contributed by atoms with E-state index in [0.29, 0.717) is 28.2 Å². The molecule has 0 aliphatic carbocycles. The van der Waals surface area contributed by atoms with E-state index in [-0.39, 0.29) is 11.5 Å². The van der Waals surface area contributed by atoms with Gasteiger partial charge in [-0.3, -0.25) is 4.79 Å². The Balaban J connectivity index is 1.65. The van der Waals surface area contributed by atoms with Crippen molar-refractivity contribution in [1.29, 1.82) is 0 Å². The first kappa shape index (κ1) is 22.4. The van der Waals surface area contributed by atoms with Crippen molar-refractivity contribution in [3.05, 3.63) is 76.8 Å². The maximum Gasteiger partial charge on any atom is 0.335 e. The maximum atomic E-state index is 12.4. The molecule has 0 fully saturated rings. The third-order valence-corrected chi connectivity index (χ3v) is 6.33. The number of nitrogens with one attached hydrogen (secondary N) is 1. The van der Waals surface area contributed by atoms with Crippen LogP contribution in [0.1, 0.15) is 45.4 Å². The van der Waals surface area contributed by atoms with Gasteiger partial charge >= 0.3 is 5.97 Å². The van der Waals surface area contributed by atoms with Gasteiger partial charge in [0.2, 0.25) is 0 Å². The third-order valence-electron chi connectivity index (χ3n) is 5.20. The summed E-state index contributed by atoms with van der Waals surface area (Å²) in [4.78, 5) is 25.6. The van der Waals surface area contributed by atoms with Crippen LogP contribution in [-0.4, -0.2) is 38.5 Å². The topological polar surface area (TPSA) is 97.1 Å². The molecule has 4 rings (SSSR count). The van der Waals surface area contributed by atoms with E-state index in [2.05, 4.69) is 22.6 Å². The SMILES string of the molecule is CCCCNC(=O)c1ccc(-c2cc(C(=O)O)cc(-c3cn(-c4ccc(C)cc4)nn3)c2)s1. The number of unbranched alkanes of at least 4 members (excludes halogenated alkanes) is 1. The lowest BCUT2D eigenvalue weighted by atomic mass is 10.0. The van der Waals surface area contributed by atoms with Crippen molar-refractivity contribution in [3.8, 4) is 27.4 Å². The Morgan fingerprint density at radius 2 is 1.82 bits per heavy atom. The molecule has 2 aromatic heterocycles. The Bertz CT molecular complexity index is 1290. The summed E-state index contributed by atoms with van der Waals surface area (Å²) >= 11 is 1.33. The molecule has 0 aliphatic heterocycles. The molecule has 4 aromatic rings. The minimum Gasteiger partial charge on any atom is -0.478 e. The molecule has 0 unspecified atom stereocenters. The zero-order valence-corrected chi connectivity index (χ0v) is 19.2. The number of carbonyl (C=O) groups is 2. The van der Waals surface area contributed by atoms with E-state index in [4.69, 9.17) is 0 Å². The van der Waals surface area contributed by atoms with E-state index >= 15 is 0 Å². The number of aryl methyl sites for hydroxylation is 1. The van der Waals surface area contributed by atoms with Crippen LogP contribution in [0.2, 0.25) is 0 Å². The summed E-state index contributed by atoms with van der Waals surface area (Å²) in [6.45, 7) is 4.72. The second kappa shape index (κ2) is 9.79. The van der Waals surface area contributed by atoms with Crippen molar-refractivity contribution in [1.82, 2.24) is 20.3 Å². The molecule has 8 heteroatoms. The van der Waals surface area contributed by atoms with Crippen molar-refractivity contribution < 1.29 is 14.7 Å². The number of aromatic carboxylic acids is 1. The summed E-state index contributed by atoms with van der Waals surface area (Å²) < 4.78 is 1.66. The van der Waals surface area contributed by atoms with E-state index in [0.717, 1.165) is 29.0 Å². The molecule has 0 atom stereocenters. The summed E-state index contributed by atoms with van der Waals surface area (Å²) in [6.07, 6.45) is 3.71. The average Bonchev–Trinajstić information content (AvgIpc) is 3.50. The van der Waals surface area contributed by atoms with Crippen LogP contribution in [0.15, 0.2) is 60.8 Å². The van der Waals surface area contributed by atoms with Crippen LogP contribution < -0.4 is 5.32 Å². The van der Waals surface area contributed by atoms with Gasteiger partial charge in [-0.1, -0.05) is 36.3 Å². The van der Waals surface area contributed by atoms with Crippen LogP contribution in [0.3, 0.4) is 0 Å². The van der Waals surface area contributed by atoms with Crippen LogP contribution in [-0.2, 0) is 0 Å². The minimum absolute atomic E-state index is 0.115. The summed E-state index contributed by atoms with van der Waals surface area (Å²) in [7, 11) is 0. The highest BCUT2D eigenvalue weighted by atomic mass is 32.1. The van der Waals surface area contributed by atoms with Crippen LogP contribution in [0, 0.1) is 6.92 Å². The lowest BCUT2D eigenvalue weighted by molar-refractivity contribution is 0.0696. The lowest BCUT2D eigenvalue weighted by Crippen LogP contribution is -2.23. The number of carboxylic acids is 1. The molecule has 33 heavy (non-hydrogen) atoms. The summed E-state index contributed by atoms with van der Waals surface area (Å²) in [6, 6.07) is 16.6. The van der Waals surface area contributed by atoms with Crippen LogP contribution in [0.5, 0.6) is 0 Å². The van der Waals surface area contributed by atoms with Gasteiger partial charge in [-0.2, -0.15) is 0 Å². The molecule has 7 nitrogen and oxygen atoms in total. The number of benzene rings is 2. The molecule has 0 spiro atoms. The molecule has 2 N–H and O–H groups in total. The maximum absolute atomic E-state index is 12.4. The summed E-state index contributed by atoms with van der Waals surface area (Å²) in [5.74, 6) is -1.14. The van der Waals surface area contributed by atoms with Crippen LogP contribution in [0.25, 0.3) is 27.4 Å². The second-order valence-electron chi connectivity index (χ2n) is 7.76. The standard InChI is InChI=1S/C25H24N4O3S/c1-3-4-11-26-24(30)23-10-9-22(33-23)18-12-17(13-19(14-18)25(31)32)21-15-29(28-27-21)20-7-5-16(2)6-8-20/h5-10,12-15H,3-4,11H2,1-2H3,(H,26,30)(H,31,32). The smallest absolute Gasteiger partial charge is 0.335 e. The van der Waals surface area contributed by atoms with Crippen LogP contribution >= 0.6 is 11.3 Å². The molecule has 0 saturated carbocycles. The predicted octanol–water partition coefficient (Wildman–Crippen LogP) is 5.20. The fourth-order valence-corrected chi connectivity index (χ4v) is 4.25. The number of aromatic nitrogens is 3. The van der Waals surface area contributed by atoms with Crippen molar-refractivity contribution in [2.24, 2.45) is 0 Å². The highest BCUT2D eigenvalue weighted by molar-refractivity contribution is 7.17. The van der Waals surface area contributed by atoms with E-state index in [1.165, 1.54) is 11.3 Å². The van der Waals surface area contributed by atoms with E-state index in [1.807, 2.05) is 43.3 Å². The number of thiophene rings is 1. The molecule has 2 aromatic carbocycles. The third kappa shape index (κ3) is 5.18. The second-order valence-corrected chi connectivity index (χ2v) is 8.85. The zero-order chi connectivity index (χ0) is 23.4. The molecule has 0 saturated heterocycles. The fraction of sp³-hybridized carbons (Fsp3) is 0.200. The van der Waals surface area contributed by atoms with Crippen molar-refractivity contribution in [3.63, 3.8) is 0 Å². The van der Waals surface area contributed by atoms with Gasteiger partial charge in [0.1, 0.15) is 5.69 Å². The number of carbonyl (C=O) groups excluding carboxylic acids is 1. The molecule has 2 heterocycles. The largest absolute Gasteiger partial charge is 0.478 e. The Kier molecular flexibility index (Phi) is 6.65. The lowest BCUT2D eigenvalue weighted by Gasteiger charge is -2.05. The van der Waals surface area contributed by atoms with Crippen LogP contribution in [0.4, 0.5) is 0 Å². The molecule has 0 bridgehead atoms. The predicted molar refractivity (Wildman–Crippen MR) is 129 cm³/mol. The van der Waals surface area contributed by atoms with Gasteiger partial charge in [0.05, 0.1) is 22.3 Å². The number of nitrogens with zero attached hydrogens (tertiary/aromatic N) is 3. The number of rotatable bonds is 8. The molecule has 1 amide bonds. The zero-order valence-electron chi connectivity index (χ0n) is 18.4. The van der Waals surface area contributed by atoms with E-state index < -0.39 is 5.97 Å². The van der Waals surface area contributed by atoms with Gasteiger partial charge in [0.25, 0.3) is 5.91 Å². The Morgan fingerprint density at radius 3 is 2.55 bits per heavy atom. The van der Waals surface area contributed by atoms with E-state index in [9.17, 15) is 14.7 Å². The molecule has 168 valence electrons. The van der Waals surface area contributed by atoms with Crippen molar-refractivity contribution >= 4 is 23.2 Å². The number of amides is 1. The van der Waals surface area contributed by atoms with Gasteiger partial charge in [0.15, 0.2) is 0 Å². The van der Waals surface area contributed by atoms with Gasteiger partial charge in [-0.15, -0.1) is 16.4 Å². The average molecular weight is 461 g/mol. The fourth-order valence-electron chi connectivity index (χ4n) is 3.34. The van der Waals surface area contributed by atoms with Crippen molar-refractivity contribution in [2.45, 2.75) is 26.7 Å². The quantitative estimate of drug-likeness (QED) is 0.352. The normalized spacial score (nSPS) is 10.8. The number of carboxylic acid groups (broad SMARTS) is 1. The molecular formula is C25H24N4O3S. The first-order valence-corrected chi connectivity index (χ1v) is 11.5. The first-order chi connectivity index (χ1) is 15.9. The Morgan fingerprint density at radius 1 is 1.06 bits per heavy atom. The van der Waals surface area contributed by atoms with Crippen molar-refractivity contribution in [2.75, 3.05) is 6.54 Å².